The van der Waals surface area contributed by atoms with Gasteiger partial charge in [-0.3, -0.25) is 4.79 Å². The number of nitrogens with one attached hydrogen (secondary N) is 1. The van der Waals surface area contributed by atoms with E-state index in [1.54, 1.807) is 7.11 Å². The fourth-order valence-corrected chi connectivity index (χ4v) is 2.86. The number of anilines is 1. The first-order valence-electron chi connectivity index (χ1n) is 8.06. The van der Waals surface area contributed by atoms with Crippen molar-refractivity contribution in [1.82, 2.24) is 5.32 Å². The molecular weight excluding hydrogens is 278 g/mol. The number of rotatable bonds is 7. The number of hydrogen-bond acceptors (Lipinski definition) is 4. The Morgan fingerprint density at radius 1 is 1.55 bits per heavy atom. The molecule has 0 radical (unpaired) electrons. The van der Waals surface area contributed by atoms with E-state index in [-0.39, 0.29) is 11.9 Å². The van der Waals surface area contributed by atoms with Gasteiger partial charge in [0, 0.05) is 31.4 Å². The van der Waals surface area contributed by atoms with Crippen molar-refractivity contribution in [3.8, 4) is 5.75 Å². The quantitative estimate of drug-likeness (QED) is 0.805. The van der Waals surface area contributed by atoms with Gasteiger partial charge in [-0.05, 0) is 30.9 Å². The molecule has 1 fully saturated rings. The molecule has 2 unspecified atom stereocenters. The summed E-state index contributed by atoms with van der Waals surface area (Å²) in [4.78, 5) is 14.2. The third kappa shape index (κ3) is 4.37. The lowest BCUT2D eigenvalue weighted by atomic mass is 10.1. The predicted molar refractivity (Wildman–Crippen MR) is 89.2 cm³/mol. The van der Waals surface area contributed by atoms with E-state index in [1.807, 2.05) is 19.1 Å². The minimum Gasteiger partial charge on any atom is -0.497 e. The third-order valence-electron chi connectivity index (χ3n) is 4.21. The molecular formula is C17H27N3O2. The van der Waals surface area contributed by atoms with E-state index in [1.165, 1.54) is 5.69 Å². The van der Waals surface area contributed by atoms with Crippen LogP contribution in [0.4, 0.5) is 5.69 Å². The van der Waals surface area contributed by atoms with Crippen molar-refractivity contribution in [3.05, 3.63) is 24.3 Å². The van der Waals surface area contributed by atoms with E-state index in [0.29, 0.717) is 12.5 Å². The molecule has 1 aliphatic rings. The van der Waals surface area contributed by atoms with E-state index in [2.05, 4.69) is 22.3 Å². The third-order valence-corrected chi connectivity index (χ3v) is 4.21. The van der Waals surface area contributed by atoms with Crippen molar-refractivity contribution in [1.29, 1.82) is 0 Å². The average molecular weight is 305 g/mol. The van der Waals surface area contributed by atoms with Crippen molar-refractivity contribution in [2.75, 3.05) is 31.6 Å². The Bertz CT molecular complexity index is 493. The molecule has 0 spiro atoms. The second kappa shape index (κ2) is 8.03. The SMILES string of the molecule is CCCC(N)C(=O)NCC1CCN(c2cccc(OC)c2)C1. The van der Waals surface area contributed by atoms with Crippen molar-refractivity contribution >= 4 is 11.6 Å². The molecule has 1 saturated heterocycles. The Morgan fingerprint density at radius 3 is 3.09 bits per heavy atom. The van der Waals surface area contributed by atoms with Crippen LogP contribution < -0.4 is 20.7 Å². The zero-order valence-corrected chi connectivity index (χ0v) is 13.5. The zero-order chi connectivity index (χ0) is 15.9. The summed E-state index contributed by atoms with van der Waals surface area (Å²) in [6.07, 6.45) is 2.76. The van der Waals surface area contributed by atoms with Crippen LogP contribution in [-0.2, 0) is 4.79 Å². The number of methoxy groups -OCH3 is 1. The minimum absolute atomic E-state index is 0.0262. The lowest BCUT2D eigenvalue weighted by Gasteiger charge is -2.20. The average Bonchev–Trinajstić information content (AvgIpc) is 3.02. The molecule has 22 heavy (non-hydrogen) atoms. The largest absolute Gasteiger partial charge is 0.497 e. The fraction of sp³-hybridized carbons (Fsp3) is 0.588. The Morgan fingerprint density at radius 2 is 2.36 bits per heavy atom. The predicted octanol–water partition coefficient (Wildman–Crippen LogP) is 1.77. The van der Waals surface area contributed by atoms with Crippen LogP contribution in [0.15, 0.2) is 24.3 Å². The molecule has 0 aromatic heterocycles. The molecule has 122 valence electrons. The molecule has 2 atom stereocenters. The van der Waals surface area contributed by atoms with Gasteiger partial charge in [0.1, 0.15) is 5.75 Å². The molecule has 5 heteroatoms. The van der Waals surface area contributed by atoms with Gasteiger partial charge in [0.25, 0.3) is 0 Å². The molecule has 1 heterocycles. The fourth-order valence-electron chi connectivity index (χ4n) is 2.86. The van der Waals surface area contributed by atoms with Crippen LogP contribution in [0.25, 0.3) is 0 Å². The summed E-state index contributed by atoms with van der Waals surface area (Å²) in [5.74, 6) is 1.32. The number of nitrogens with zero attached hydrogens (tertiary/aromatic N) is 1. The number of ether oxygens (including phenoxy) is 1. The highest BCUT2D eigenvalue weighted by molar-refractivity contribution is 5.81. The van der Waals surface area contributed by atoms with Crippen molar-refractivity contribution < 1.29 is 9.53 Å². The van der Waals surface area contributed by atoms with E-state index < -0.39 is 0 Å². The normalized spacial score (nSPS) is 19.0. The molecule has 3 N–H and O–H groups in total. The lowest BCUT2D eigenvalue weighted by Crippen LogP contribution is -2.42. The number of carbonyl (C=O) groups is 1. The van der Waals surface area contributed by atoms with Crippen molar-refractivity contribution in [2.24, 2.45) is 11.7 Å². The van der Waals surface area contributed by atoms with Crippen LogP contribution in [0, 0.1) is 5.92 Å². The van der Waals surface area contributed by atoms with Crippen LogP contribution >= 0.6 is 0 Å². The number of amides is 1. The maximum absolute atomic E-state index is 11.9. The van der Waals surface area contributed by atoms with Crippen molar-refractivity contribution in [2.45, 2.75) is 32.2 Å². The summed E-state index contributed by atoms with van der Waals surface area (Å²) in [7, 11) is 1.68. The van der Waals surface area contributed by atoms with Gasteiger partial charge in [0.2, 0.25) is 5.91 Å². The summed E-state index contributed by atoms with van der Waals surface area (Å²) in [6, 6.07) is 7.74. The van der Waals surface area contributed by atoms with Gasteiger partial charge >= 0.3 is 0 Å². The first-order valence-corrected chi connectivity index (χ1v) is 8.06. The Balaban J connectivity index is 1.81. The van der Waals surface area contributed by atoms with E-state index >= 15 is 0 Å². The van der Waals surface area contributed by atoms with Crippen LogP contribution in [0.1, 0.15) is 26.2 Å². The molecule has 1 aliphatic heterocycles. The lowest BCUT2D eigenvalue weighted by molar-refractivity contribution is -0.122. The number of nitrogens with two attached hydrogens (primary N) is 1. The second-order valence-electron chi connectivity index (χ2n) is 5.94. The summed E-state index contributed by atoms with van der Waals surface area (Å²) >= 11 is 0. The van der Waals surface area contributed by atoms with Crippen LogP contribution in [0.2, 0.25) is 0 Å². The number of hydrogen-bond donors (Lipinski definition) is 2. The van der Waals surface area contributed by atoms with E-state index in [4.69, 9.17) is 10.5 Å². The van der Waals surface area contributed by atoms with Gasteiger partial charge < -0.3 is 20.7 Å². The van der Waals surface area contributed by atoms with E-state index in [9.17, 15) is 4.79 Å². The maximum Gasteiger partial charge on any atom is 0.236 e. The molecule has 2 rings (SSSR count). The monoisotopic (exact) mass is 305 g/mol. The topological polar surface area (TPSA) is 67.6 Å². The van der Waals surface area contributed by atoms with Crippen LogP contribution in [0.5, 0.6) is 5.75 Å². The molecule has 1 aromatic carbocycles. The van der Waals surface area contributed by atoms with Gasteiger partial charge in [0.05, 0.1) is 13.2 Å². The first-order chi connectivity index (χ1) is 10.6. The zero-order valence-electron chi connectivity index (χ0n) is 13.5. The molecule has 1 aromatic rings. The van der Waals surface area contributed by atoms with Crippen LogP contribution in [-0.4, -0.2) is 38.7 Å². The second-order valence-corrected chi connectivity index (χ2v) is 5.94. The highest BCUT2D eigenvalue weighted by Gasteiger charge is 2.24. The van der Waals surface area contributed by atoms with E-state index in [0.717, 1.165) is 38.1 Å². The maximum atomic E-state index is 11.9. The van der Waals surface area contributed by atoms with Crippen molar-refractivity contribution in [3.63, 3.8) is 0 Å². The summed E-state index contributed by atoms with van der Waals surface area (Å²) in [5.41, 5.74) is 7.00. The van der Waals surface area contributed by atoms with Gasteiger partial charge in [0.15, 0.2) is 0 Å². The molecule has 1 amide bonds. The highest BCUT2D eigenvalue weighted by Crippen LogP contribution is 2.26. The number of carbonyl (C=O) groups excluding carboxylic acids is 1. The summed E-state index contributed by atoms with van der Waals surface area (Å²) < 4.78 is 5.27. The number of benzene rings is 1. The summed E-state index contributed by atoms with van der Waals surface area (Å²) in [6.45, 7) is 4.71. The van der Waals surface area contributed by atoms with Crippen LogP contribution in [0.3, 0.4) is 0 Å². The standard InChI is InChI=1S/C17H27N3O2/c1-3-5-16(18)17(21)19-11-13-8-9-20(12-13)14-6-4-7-15(10-14)22-2/h4,6-7,10,13,16H,3,5,8-9,11-12,18H2,1-2H3,(H,19,21). The molecule has 0 aliphatic carbocycles. The molecule has 0 saturated carbocycles. The Hall–Kier alpha value is -1.75. The van der Waals surface area contributed by atoms with Gasteiger partial charge in [-0.2, -0.15) is 0 Å². The Labute approximate surface area is 132 Å². The van der Waals surface area contributed by atoms with Gasteiger partial charge in [-0.15, -0.1) is 0 Å². The van der Waals surface area contributed by atoms with Gasteiger partial charge in [-0.1, -0.05) is 19.4 Å². The smallest absolute Gasteiger partial charge is 0.236 e. The first kappa shape index (κ1) is 16.6. The summed E-state index contributed by atoms with van der Waals surface area (Å²) in [5, 5.41) is 2.99. The van der Waals surface area contributed by atoms with Gasteiger partial charge in [-0.25, -0.2) is 0 Å². The highest BCUT2D eigenvalue weighted by atomic mass is 16.5. The molecule has 0 bridgehead atoms. The minimum atomic E-state index is -0.374. The Kier molecular flexibility index (Phi) is 6.07. The molecule has 5 nitrogen and oxygen atoms in total.